The summed E-state index contributed by atoms with van der Waals surface area (Å²) in [5.41, 5.74) is 4.18. The highest BCUT2D eigenvalue weighted by atomic mass is 16.5. The highest BCUT2D eigenvalue weighted by Crippen LogP contribution is 2.47. The van der Waals surface area contributed by atoms with E-state index >= 15 is 0 Å². The zero-order valence-electron chi connectivity index (χ0n) is 14.0. The Hall–Kier alpha value is -3.34. The van der Waals surface area contributed by atoms with Crippen LogP contribution in [0.15, 0.2) is 78.2 Å². The molecule has 0 saturated carbocycles. The van der Waals surface area contributed by atoms with Crippen molar-refractivity contribution in [3.05, 3.63) is 89.7 Å². The van der Waals surface area contributed by atoms with Crippen molar-refractivity contribution in [2.24, 2.45) is 5.10 Å². The van der Waals surface area contributed by atoms with Gasteiger partial charge in [0, 0.05) is 29.9 Å². The number of phenols is 1. The van der Waals surface area contributed by atoms with Gasteiger partial charge in [-0.05, 0) is 48.0 Å². The molecule has 2 aliphatic rings. The Kier molecular flexibility index (Phi) is 3.38. The maximum Gasteiger partial charge on any atom is 0.213 e. The van der Waals surface area contributed by atoms with Crippen molar-refractivity contribution in [3.63, 3.8) is 0 Å². The summed E-state index contributed by atoms with van der Waals surface area (Å²) >= 11 is 0. The molecule has 0 amide bonds. The lowest BCUT2D eigenvalue weighted by Gasteiger charge is -2.38. The van der Waals surface area contributed by atoms with Gasteiger partial charge in [0.2, 0.25) is 6.23 Å². The number of hydrogen-bond donors (Lipinski definition) is 1. The number of aromatic nitrogens is 1. The number of hydrogen-bond acceptors (Lipinski definition) is 5. The Morgan fingerprint density at radius 3 is 2.54 bits per heavy atom. The number of phenolic OH excluding ortho intramolecular Hbond substituents is 1. The molecule has 26 heavy (non-hydrogen) atoms. The average molecular weight is 343 g/mol. The Labute approximate surface area is 151 Å². The summed E-state index contributed by atoms with van der Waals surface area (Å²) in [6, 6.07) is 19.4. The van der Waals surface area contributed by atoms with Crippen LogP contribution in [0.3, 0.4) is 0 Å². The van der Waals surface area contributed by atoms with E-state index in [1.807, 2.05) is 47.5 Å². The minimum atomic E-state index is -0.285. The Morgan fingerprint density at radius 1 is 0.962 bits per heavy atom. The Morgan fingerprint density at radius 2 is 1.73 bits per heavy atom. The van der Waals surface area contributed by atoms with E-state index in [9.17, 15) is 5.11 Å². The molecule has 128 valence electrons. The summed E-state index contributed by atoms with van der Waals surface area (Å²) in [7, 11) is 0. The molecule has 2 unspecified atom stereocenters. The maximum atomic E-state index is 9.55. The number of hydrazone groups is 1. The second kappa shape index (κ2) is 5.88. The number of pyridine rings is 1. The monoisotopic (exact) mass is 343 g/mol. The molecule has 5 nitrogen and oxygen atoms in total. The summed E-state index contributed by atoms with van der Waals surface area (Å²) in [6.45, 7) is 0. The number of benzene rings is 2. The molecule has 1 N–H and O–H groups in total. The molecular formula is C21H17N3O2. The lowest BCUT2D eigenvalue weighted by atomic mass is 9.96. The predicted octanol–water partition coefficient (Wildman–Crippen LogP) is 4.03. The van der Waals surface area contributed by atoms with Gasteiger partial charge >= 0.3 is 0 Å². The standard InChI is InChI=1S/C21H17N3O2/c25-16-7-5-14(6-8-16)18-13-19-17-3-1-2-4-20(17)26-21(24(19)23-18)15-9-11-22-12-10-15/h1-12,19,21,25H,13H2. The molecule has 3 aromatic rings. The second-order valence-corrected chi connectivity index (χ2v) is 6.48. The number of fused-ring (bicyclic) bond motifs is 3. The van der Waals surface area contributed by atoms with Crippen LogP contribution >= 0.6 is 0 Å². The van der Waals surface area contributed by atoms with Crippen molar-refractivity contribution in [1.29, 1.82) is 0 Å². The Balaban J connectivity index is 1.59. The molecular weight excluding hydrogens is 326 g/mol. The van der Waals surface area contributed by atoms with Crippen molar-refractivity contribution in [3.8, 4) is 11.5 Å². The number of para-hydroxylation sites is 1. The van der Waals surface area contributed by atoms with Crippen molar-refractivity contribution < 1.29 is 9.84 Å². The molecule has 2 aliphatic heterocycles. The van der Waals surface area contributed by atoms with Crippen molar-refractivity contribution >= 4 is 5.71 Å². The summed E-state index contributed by atoms with van der Waals surface area (Å²) in [4.78, 5) is 4.11. The highest BCUT2D eigenvalue weighted by Gasteiger charge is 2.40. The summed E-state index contributed by atoms with van der Waals surface area (Å²) in [5, 5.41) is 16.5. The van der Waals surface area contributed by atoms with Gasteiger partial charge < -0.3 is 9.84 Å². The first kappa shape index (κ1) is 15.0. The zero-order chi connectivity index (χ0) is 17.5. The minimum Gasteiger partial charge on any atom is -0.508 e. The van der Waals surface area contributed by atoms with E-state index in [0.29, 0.717) is 0 Å². The third-order valence-corrected chi connectivity index (χ3v) is 4.89. The Bertz CT molecular complexity index is 970. The first-order valence-electron chi connectivity index (χ1n) is 8.60. The van der Waals surface area contributed by atoms with Crippen LogP contribution in [0.1, 0.15) is 35.4 Å². The number of nitrogens with zero attached hydrogens (tertiary/aromatic N) is 3. The van der Waals surface area contributed by atoms with Gasteiger partial charge in [-0.1, -0.05) is 18.2 Å². The van der Waals surface area contributed by atoms with Crippen LogP contribution in [-0.4, -0.2) is 20.8 Å². The maximum absolute atomic E-state index is 9.55. The lowest BCUT2D eigenvalue weighted by molar-refractivity contribution is -0.0190. The van der Waals surface area contributed by atoms with E-state index in [-0.39, 0.29) is 18.0 Å². The van der Waals surface area contributed by atoms with Crippen LogP contribution in [0.25, 0.3) is 0 Å². The number of ether oxygens (including phenoxy) is 1. The van der Waals surface area contributed by atoms with Crippen molar-refractivity contribution in [2.45, 2.75) is 18.7 Å². The highest BCUT2D eigenvalue weighted by molar-refractivity contribution is 6.02. The van der Waals surface area contributed by atoms with Gasteiger partial charge in [-0.3, -0.25) is 4.98 Å². The molecule has 5 heteroatoms. The van der Waals surface area contributed by atoms with Gasteiger partial charge in [0.25, 0.3) is 0 Å². The van der Waals surface area contributed by atoms with Crippen LogP contribution in [0.2, 0.25) is 0 Å². The van der Waals surface area contributed by atoms with Crippen LogP contribution in [0, 0.1) is 0 Å². The molecule has 1 aromatic heterocycles. The van der Waals surface area contributed by atoms with E-state index in [0.717, 1.165) is 34.6 Å². The molecule has 5 rings (SSSR count). The number of aromatic hydroxyl groups is 1. The van der Waals surface area contributed by atoms with Gasteiger partial charge in [-0.15, -0.1) is 0 Å². The molecule has 0 spiro atoms. The fourth-order valence-electron chi connectivity index (χ4n) is 3.61. The molecule has 0 fully saturated rings. The minimum absolute atomic E-state index is 0.127. The lowest BCUT2D eigenvalue weighted by Crippen LogP contribution is -2.33. The van der Waals surface area contributed by atoms with E-state index in [1.165, 1.54) is 0 Å². The normalized spacial score (nSPS) is 20.8. The molecule has 0 saturated heterocycles. The van der Waals surface area contributed by atoms with Gasteiger partial charge in [0.1, 0.15) is 11.5 Å². The van der Waals surface area contributed by atoms with Gasteiger partial charge in [0.15, 0.2) is 0 Å². The second-order valence-electron chi connectivity index (χ2n) is 6.48. The zero-order valence-corrected chi connectivity index (χ0v) is 14.0. The van der Waals surface area contributed by atoms with Crippen molar-refractivity contribution in [1.82, 2.24) is 9.99 Å². The van der Waals surface area contributed by atoms with Crippen LogP contribution in [0.5, 0.6) is 11.5 Å². The third-order valence-electron chi connectivity index (χ3n) is 4.89. The van der Waals surface area contributed by atoms with Crippen LogP contribution in [0.4, 0.5) is 0 Å². The quantitative estimate of drug-likeness (QED) is 0.763. The van der Waals surface area contributed by atoms with E-state index in [2.05, 4.69) is 11.1 Å². The molecule has 2 aromatic carbocycles. The predicted molar refractivity (Wildman–Crippen MR) is 97.9 cm³/mol. The van der Waals surface area contributed by atoms with Gasteiger partial charge in [0.05, 0.1) is 11.8 Å². The summed E-state index contributed by atoms with van der Waals surface area (Å²) in [6.07, 6.45) is 4.06. The smallest absolute Gasteiger partial charge is 0.213 e. The topological polar surface area (TPSA) is 58.0 Å². The van der Waals surface area contributed by atoms with Crippen molar-refractivity contribution in [2.75, 3.05) is 0 Å². The fraction of sp³-hybridized carbons (Fsp3) is 0.143. The number of rotatable bonds is 2. The van der Waals surface area contributed by atoms with E-state index < -0.39 is 0 Å². The van der Waals surface area contributed by atoms with Gasteiger partial charge in [-0.25, -0.2) is 5.01 Å². The first-order chi connectivity index (χ1) is 12.8. The third kappa shape index (κ3) is 2.40. The van der Waals surface area contributed by atoms with Gasteiger partial charge in [-0.2, -0.15) is 5.10 Å². The van der Waals surface area contributed by atoms with Crippen LogP contribution in [-0.2, 0) is 0 Å². The SMILES string of the molecule is Oc1ccc(C2=NN3C(C2)c2ccccc2OC3c2ccncc2)cc1. The molecule has 0 radical (unpaired) electrons. The van der Waals surface area contributed by atoms with Crippen LogP contribution < -0.4 is 4.74 Å². The van der Waals surface area contributed by atoms with E-state index in [1.54, 1.807) is 24.5 Å². The molecule has 2 atom stereocenters. The summed E-state index contributed by atoms with van der Waals surface area (Å²) < 4.78 is 6.29. The molecule has 0 aliphatic carbocycles. The van der Waals surface area contributed by atoms with E-state index in [4.69, 9.17) is 9.84 Å². The summed E-state index contributed by atoms with van der Waals surface area (Å²) in [5.74, 6) is 1.16. The fourth-order valence-corrected chi connectivity index (χ4v) is 3.61. The molecule has 3 heterocycles. The average Bonchev–Trinajstić information content (AvgIpc) is 3.14. The largest absolute Gasteiger partial charge is 0.508 e. The first-order valence-corrected chi connectivity index (χ1v) is 8.60. The molecule has 0 bridgehead atoms.